The van der Waals surface area contributed by atoms with Crippen LogP contribution in [0.4, 0.5) is 0 Å². The first-order chi connectivity index (χ1) is 9.86. The van der Waals surface area contributed by atoms with Gasteiger partial charge in [-0.05, 0) is 30.7 Å². The van der Waals surface area contributed by atoms with Crippen molar-refractivity contribution in [1.82, 2.24) is 10.0 Å². The summed E-state index contributed by atoms with van der Waals surface area (Å²) in [5, 5.41) is 3.41. The average molecular weight is 335 g/mol. The second-order valence-corrected chi connectivity index (χ2v) is 7.32. The highest BCUT2D eigenvalue weighted by molar-refractivity contribution is 7.89. The van der Waals surface area contributed by atoms with E-state index in [0.717, 1.165) is 5.56 Å². The van der Waals surface area contributed by atoms with Crippen LogP contribution in [0.5, 0.6) is 0 Å². The van der Waals surface area contributed by atoms with Crippen molar-refractivity contribution in [3.05, 3.63) is 28.8 Å². The first kappa shape index (κ1) is 18.4. The van der Waals surface area contributed by atoms with E-state index in [2.05, 4.69) is 10.0 Å². The van der Waals surface area contributed by atoms with Crippen molar-refractivity contribution in [2.75, 3.05) is 26.8 Å². The lowest BCUT2D eigenvalue weighted by Gasteiger charge is -2.10. The number of hydrogen-bond donors (Lipinski definition) is 2. The van der Waals surface area contributed by atoms with Crippen molar-refractivity contribution < 1.29 is 13.2 Å². The average Bonchev–Trinajstić information content (AvgIpc) is 2.40. The Labute approximate surface area is 132 Å². The lowest BCUT2D eigenvalue weighted by Crippen LogP contribution is -2.28. The minimum Gasteiger partial charge on any atom is -0.380 e. The van der Waals surface area contributed by atoms with E-state index in [0.29, 0.717) is 30.7 Å². The van der Waals surface area contributed by atoms with E-state index in [-0.39, 0.29) is 11.4 Å². The molecule has 0 aliphatic rings. The van der Waals surface area contributed by atoms with Crippen LogP contribution in [0.1, 0.15) is 19.4 Å². The van der Waals surface area contributed by atoms with Gasteiger partial charge in [-0.25, -0.2) is 13.1 Å². The standard InChI is InChI=1S/C14H23ClN2O3S/c1-11(2)10-20-7-6-17-21(18,19)13-5-4-12(9-16-3)14(15)8-13/h4-5,8,11,16-17H,6-7,9-10H2,1-3H3. The van der Waals surface area contributed by atoms with Gasteiger partial charge in [-0.15, -0.1) is 0 Å². The van der Waals surface area contributed by atoms with Gasteiger partial charge >= 0.3 is 0 Å². The van der Waals surface area contributed by atoms with Gasteiger partial charge in [0.15, 0.2) is 0 Å². The van der Waals surface area contributed by atoms with Crippen LogP contribution in [-0.4, -0.2) is 35.2 Å². The van der Waals surface area contributed by atoms with Gasteiger partial charge in [0.1, 0.15) is 0 Å². The Kier molecular flexibility index (Phi) is 7.62. The molecule has 0 heterocycles. The van der Waals surface area contributed by atoms with E-state index < -0.39 is 10.0 Å². The molecule has 120 valence electrons. The lowest BCUT2D eigenvalue weighted by molar-refractivity contribution is 0.114. The zero-order valence-electron chi connectivity index (χ0n) is 12.6. The second-order valence-electron chi connectivity index (χ2n) is 5.15. The fourth-order valence-corrected chi connectivity index (χ4v) is 3.03. The molecule has 0 saturated carbocycles. The third-order valence-electron chi connectivity index (χ3n) is 2.69. The molecule has 0 aliphatic heterocycles. The molecule has 0 spiro atoms. The van der Waals surface area contributed by atoms with Crippen molar-refractivity contribution in [3.63, 3.8) is 0 Å². The fourth-order valence-electron chi connectivity index (χ4n) is 1.68. The van der Waals surface area contributed by atoms with E-state index in [4.69, 9.17) is 16.3 Å². The minimum atomic E-state index is -3.55. The Balaban J connectivity index is 2.60. The summed E-state index contributed by atoms with van der Waals surface area (Å²) in [6.45, 7) is 5.88. The summed E-state index contributed by atoms with van der Waals surface area (Å²) in [7, 11) is -1.74. The predicted molar refractivity (Wildman–Crippen MR) is 85.1 cm³/mol. The molecule has 0 aliphatic carbocycles. The largest absolute Gasteiger partial charge is 0.380 e. The second kappa shape index (κ2) is 8.70. The number of ether oxygens (including phenoxy) is 1. The Bertz CT molecular complexity index is 547. The topological polar surface area (TPSA) is 67.4 Å². The molecule has 0 bridgehead atoms. The summed E-state index contributed by atoms with van der Waals surface area (Å²) in [5.41, 5.74) is 0.860. The third kappa shape index (κ3) is 6.32. The highest BCUT2D eigenvalue weighted by Crippen LogP contribution is 2.20. The Morgan fingerprint density at radius 2 is 2.05 bits per heavy atom. The van der Waals surface area contributed by atoms with Crippen molar-refractivity contribution in [2.45, 2.75) is 25.3 Å². The Hall–Kier alpha value is -0.660. The first-order valence-electron chi connectivity index (χ1n) is 6.87. The van der Waals surface area contributed by atoms with Crippen molar-refractivity contribution in [1.29, 1.82) is 0 Å². The minimum absolute atomic E-state index is 0.163. The maximum atomic E-state index is 12.1. The lowest BCUT2D eigenvalue weighted by atomic mass is 10.2. The monoisotopic (exact) mass is 334 g/mol. The van der Waals surface area contributed by atoms with Crippen LogP contribution in [0.2, 0.25) is 5.02 Å². The first-order valence-corrected chi connectivity index (χ1v) is 8.73. The highest BCUT2D eigenvalue weighted by atomic mass is 35.5. The van der Waals surface area contributed by atoms with Crippen molar-refractivity contribution >= 4 is 21.6 Å². The molecule has 0 fully saturated rings. The molecule has 0 atom stereocenters. The van der Waals surface area contributed by atoms with Gasteiger partial charge in [-0.1, -0.05) is 31.5 Å². The fraction of sp³-hybridized carbons (Fsp3) is 0.571. The Morgan fingerprint density at radius 3 is 2.62 bits per heavy atom. The number of sulfonamides is 1. The van der Waals surface area contributed by atoms with Crippen LogP contribution in [0.3, 0.4) is 0 Å². The molecule has 5 nitrogen and oxygen atoms in total. The molecule has 1 aromatic rings. The number of halogens is 1. The molecule has 0 unspecified atom stereocenters. The molecule has 21 heavy (non-hydrogen) atoms. The summed E-state index contributed by atoms with van der Waals surface area (Å²) in [6, 6.07) is 4.73. The van der Waals surface area contributed by atoms with Gasteiger partial charge in [-0.2, -0.15) is 0 Å². The molecule has 0 saturated heterocycles. The van der Waals surface area contributed by atoms with Gasteiger partial charge in [0, 0.05) is 24.7 Å². The van der Waals surface area contributed by atoms with Crippen LogP contribution >= 0.6 is 11.6 Å². The molecule has 7 heteroatoms. The normalized spacial score (nSPS) is 12.0. The van der Waals surface area contributed by atoms with Gasteiger partial charge in [-0.3, -0.25) is 0 Å². The van der Waals surface area contributed by atoms with Crippen LogP contribution in [0, 0.1) is 5.92 Å². The molecular weight excluding hydrogens is 312 g/mol. The SMILES string of the molecule is CNCc1ccc(S(=O)(=O)NCCOCC(C)C)cc1Cl. The van der Waals surface area contributed by atoms with E-state index in [1.165, 1.54) is 6.07 Å². The maximum Gasteiger partial charge on any atom is 0.240 e. The molecule has 0 radical (unpaired) electrons. The summed E-state index contributed by atoms with van der Waals surface area (Å²) in [4.78, 5) is 0.163. The number of benzene rings is 1. The summed E-state index contributed by atoms with van der Waals surface area (Å²) < 4.78 is 32.1. The highest BCUT2D eigenvalue weighted by Gasteiger charge is 2.15. The van der Waals surface area contributed by atoms with E-state index >= 15 is 0 Å². The summed E-state index contributed by atoms with van der Waals surface area (Å²) in [5.74, 6) is 0.431. The predicted octanol–water partition coefficient (Wildman–Crippen LogP) is 2.01. The summed E-state index contributed by atoms with van der Waals surface area (Å²) in [6.07, 6.45) is 0. The Morgan fingerprint density at radius 1 is 1.33 bits per heavy atom. The van der Waals surface area contributed by atoms with E-state index in [1.54, 1.807) is 19.2 Å². The van der Waals surface area contributed by atoms with E-state index in [9.17, 15) is 8.42 Å². The quantitative estimate of drug-likeness (QED) is 0.678. The maximum absolute atomic E-state index is 12.1. The van der Waals surface area contributed by atoms with Crippen LogP contribution < -0.4 is 10.0 Å². The van der Waals surface area contributed by atoms with Crippen LogP contribution in [-0.2, 0) is 21.3 Å². The van der Waals surface area contributed by atoms with Gasteiger partial charge in [0.05, 0.1) is 11.5 Å². The zero-order chi connectivity index (χ0) is 15.9. The molecule has 0 amide bonds. The van der Waals surface area contributed by atoms with Crippen LogP contribution in [0.15, 0.2) is 23.1 Å². The zero-order valence-corrected chi connectivity index (χ0v) is 14.2. The molecule has 1 aromatic carbocycles. The molecule has 1 rings (SSSR count). The number of rotatable bonds is 9. The van der Waals surface area contributed by atoms with Gasteiger partial charge in [0.25, 0.3) is 0 Å². The number of hydrogen-bond acceptors (Lipinski definition) is 4. The molecule has 0 aromatic heterocycles. The van der Waals surface area contributed by atoms with E-state index in [1.807, 2.05) is 13.8 Å². The van der Waals surface area contributed by atoms with Gasteiger partial charge < -0.3 is 10.1 Å². The van der Waals surface area contributed by atoms with Crippen LogP contribution in [0.25, 0.3) is 0 Å². The summed E-state index contributed by atoms with van der Waals surface area (Å²) >= 11 is 6.08. The van der Waals surface area contributed by atoms with Crippen molar-refractivity contribution in [3.8, 4) is 0 Å². The smallest absolute Gasteiger partial charge is 0.240 e. The third-order valence-corrected chi connectivity index (χ3v) is 4.50. The van der Waals surface area contributed by atoms with Gasteiger partial charge in [0.2, 0.25) is 10.0 Å². The molecular formula is C14H23ClN2O3S. The molecule has 2 N–H and O–H groups in total. The number of nitrogens with one attached hydrogen (secondary N) is 2. The van der Waals surface area contributed by atoms with Crippen molar-refractivity contribution in [2.24, 2.45) is 5.92 Å².